The molecule has 19 heavy (non-hydrogen) atoms. The standard InChI is InChI=1S/C12H15N5O2/c18-11-2-1-3-13-9(11)6-17-4-5-19-7-10(17)12-14-8-15-16-12/h1-3,8,10,18H,4-7H2,(H,14,15,16). The van der Waals surface area contributed by atoms with E-state index in [1.807, 2.05) is 0 Å². The molecule has 1 fully saturated rings. The number of H-pyrrole nitrogens is 1. The Morgan fingerprint density at radius 1 is 1.47 bits per heavy atom. The summed E-state index contributed by atoms with van der Waals surface area (Å²) >= 11 is 0. The Labute approximate surface area is 110 Å². The molecule has 0 aromatic carbocycles. The molecule has 1 aliphatic rings. The molecule has 2 aromatic heterocycles. The number of hydrogen-bond donors (Lipinski definition) is 2. The molecular weight excluding hydrogens is 246 g/mol. The highest BCUT2D eigenvalue weighted by Gasteiger charge is 2.27. The SMILES string of the molecule is Oc1cccnc1CN1CCOCC1c1ncn[nH]1. The number of ether oxygens (including phenoxy) is 1. The van der Waals surface area contributed by atoms with Crippen LogP contribution < -0.4 is 0 Å². The van der Waals surface area contributed by atoms with E-state index in [0.29, 0.717) is 25.5 Å². The van der Waals surface area contributed by atoms with E-state index < -0.39 is 0 Å². The van der Waals surface area contributed by atoms with Crippen molar-refractivity contribution in [1.29, 1.82) is 0 Å². The van der Waals surface area contributed by atoms with E-state index in [0.717, 1.165) is 12.4 Å². The van der Waals surface area contributed by atoms with Crippen molar-refractivity contribution in [1.82, 2.24) is 25.1 Å². The maximum absolute atomic E-state index is 9.80. The number of pyridine rings is 1. The van der Waals surface area contributed by atoms with Gasteiger partial charge in [0.25, 0.3) is 0 Å². The molecule has 1 unspecified atom stereocenters. The summed E-state index contributed by atoms with van der Waals surface area (Å²) in [5.41, 5.74) is 0.661. The molecule has 1 atom stereocenters. The Bertz CT molecular complexity index is 531. The molecule has 0 bridgehead atoms. The van der Waals surface area contributed by atoms with Crippen LogP contribution in [0.25, 0.3) is 0 Å². The van der Waals surface area contributed by atoms with Gasteiger partial charge in [0.15, 0.2) is 0 Å². The van der Waals surface area contributed by atoms with Gasteiger partial charge < -0.3 is 9.84 Å². The normalized spacial score (nSPS) is 20.5. The van der Waals surface area contributed by atoms with Gasteiger partial charge in [-0.05, 0) is 12.1 Å². The van der Waals surface area contributed by atoms with Crippen molar-refractivity contribution in [3.63, 3.8) is 0 Å². The second kappa shape index (κ2) is 5.33. The molecule has 0 radical (unpaired) electrons. The summed E-state index contributed by atoms with van der Waals surface area (Å²) in [5.74, 6) is 0.987. The molecule has 0 amide bonds. The van der Waals surface area contributed by atoms with Crippen LogP contribution in [0.4, 0.5) is 0 Å². The van der Waals surface area contributed by atoms with Gasteiger partial charge in [0.2, 0.25) is 0 Å². The maximum Gasteiger partial charge on any atom is 0.143 e. The minimum Gasteiger partial charge on any atom is -0.506 e. The lowest BCUT2D eigenvalue weighted by Crippen LogP contribution is -2.39. The largest absolute Gasteiger partial charge is 0.506 e. The zero-order chi connectivity index (χ0) is 13.1. The zero-order valence-electron chi connectivity index (χ0n) is 10.4. The van der Waals surface area contributed by atoms with Crippen molar-refractivity contribution in [2.24, 2.45) is 0 Å². The fourth-order valence-corrected chi connectivity index (χ4v) is 2.20. The van der Waals surface area contributed by atoms with Gasteiger partial charge in [0.1, 0.15) is 17.9 Å². The van der Waals surface area contributed by atoms with Crippen LogP contribution in [0.3, 0.4) is 0 Å². The predicted octanol–water partition coefficient (Wildman–Crippen LogP) is 0.479. The van der Waals surface area contributed by atoms with Gasteiger partial charge in [-0.15, -0.1) is 0 Å². The molecule has 1 aliphatic heterocycles. The molecule has 3 rings (SSSR count). The minimum absolute atomic E-state index is 0.0117. The molecule has 7 nitrogen and oxygen atoms in total. The number of aromatic hydroxyl groups is 1. The van der Waals surface area contributed by atoms with Crippen LogP contribution in [0.15, 0.2) is 24.7 Å². The molecule has 0 aliphatic carbocycles. The first-order chi connectivity index (χ1) is 9.34. The minimum atomic E-state index is 0.0117. The summed E-state index contributed by atoms with van der Waals surface area (Å²) in [6.45, 7) is 2.55. The maximum atomic E-state index is 9.80. The fourth-order valence-electron chi connectivity index (χ4n) is 2.20. The molecule has 0 spiro atoms. The van der Waals surface area contributed by atoms with Crippen molar-refractivity contribution < 1.29 is 9.84 Å². The average Bonchev–Trinajstić information content (AvgIpc) is 2.96. The van der Waals surface area contributed by atoms with E-state index in [-0.39, 0.29) is 11.8 Å². The second-order valence-corrected chi connectivity index (χ2v) is 4.40. The van der Waals surface area contributed by atoms with Crippen LogP contribution in [-0.4, -0.2) is 49.9 Å². The summed E-state index contributed by atoms with van der Waals surface area (Å²) in [7, 11) is 0. The smallest absolute Gasteiger partial charge is 0.143 e. The Morgan fingerprint density at radius 2 is 2.42 bits per heavy atom. The van der Waals surface area contributed by atoms with E-state index in [1.54, 1.807) is 18.3 Å². The number of aromatic nitrogens is 4. The number of nitrogens with zero attached hydrogens (tertiary/aromatic N) is 4. The molecular formula is C12H15N5O2. The summed E-state index contributed by atoms with van der Waals surface area (Å²) in [6.07, 6.45) is 3.17. The van der Waals surface area contributed by atoms with Crippen LogP contribution in [0.5, 0.6) is 5.75 Å². The van der Waals surface area contributed by atoms with Crippen molar-refractivity contribution in [3.8, 4) is 5.75 Å². The van der Waals surface area contributed by atoms with Crippen LogP contribution in [-0.2, 0) is 11.3 Å². The lowest BCUT2D eigenvalue weighted by atomic mass is 10.2. The Morgan fingerprint density at radius 3 is 3.21 bits per heavy atom. The summed E-state index contributed by atoms with van der Waals surface area (Å²) in [4.78, 5) is 10.6. The predicted molar refractivity (Wildman–Crippen MR) is 66.3 cm³/mol. The topological polar surface area (TPSA) is 87.2 Å². The quantitative estimate of drug-likeness (QED) is 0.835. The Kier molecular flexibility index (Phi) is 3.39. The molecule has 1 saturated heterocycles. The van der Waals surface area contributed by atoms with Gasteiger partial charge in [-0.25, -0.2) is 4.98 Å². The van der Waals surface area contributed by atoms with Crippen molar-refractivity contribution >= 4 is 0 Å². The number of aromatic amines is 1. The van der Waals surface area contributed by atoms with Crippen molar-refractivity contribution in [2.75, 3.05) is 19.8 Å². The van der Waals surface area contributed by atoms with E-state index >= 15 is 0 Å². The number of rotatable bonds is 3. The monoisotopic (exact) mass is 261 g/mol. The van der Waals surface area contributed by atoms with Crippen LogP contribution >= 0.6 is 0 Å². The van der Waals surface area contributed by atoms with Gasteiger partial charge in [0.05, 0.1) is 24.9 Å². The van der Waals surface area contributed by atoms with Gasteiger partial charge in [0, 0.05) is 19.3 Å². The highest BCUT2D eigenvalue weighted by Crippen LogP contribution is 2.24. The second-order valence-electron chi connectivity index (χ2n) is 4.40. The zero-order valence-corrected chi connectivity index (χ0v) is 10.4. The summed E-state index contributed by atoms with van der Waals surface area (Å²) in [5, 5.41) is 16.5. The fraction of sp³-hybridized carbons (Fsp3) is 0.417. The van der Waals surface area contributed by atoms with Gasteiger partial charge in [-0.3, -0.25) is 15.0 Å². The van der Waals surface area contributed by atoms with Crippen molar-refractivity contribution in [3.05, 3.63) is 36.2 Å². The number of morpholine rings is 1. The molecule has 100 valence electrons. The van der Waals surface area contributed by atoms with Crippen LogP contribution in [0.2, 0.25) is 0 Å². The summed E-state index contributed by atoms with van der Waals surface area (Å²) in [6, 6.07) is 3.37. The Hall–Kier alpha value is -1.99. The van der Waals surface area contributed by atoms with Gasteiger partial charge in [-0.1, -0.05) is 0 Å². The van der Waals surface area contributed by atoms with Crippen LogP contribution in [0, 0.1) is 0 Å². The molecule has 7 heteroatoms. The third-order valence-electron chi connectivity index (χ3n) is 3.21. The van der Waals surface area contributed by atoms with Crippen LogP contribution in [0.1, 0.15) is 17.6 Å². The first kappa shape index (κ1) is 12.1. The highest BCUT2D eigenvalue weighted by molar-refractivity contribution is 5.25. The molecule has 2 aromatic rings. The third-order valence-corrected chi connectivity index (χ3v) is 3.21. The lowest BCUT2D eigenvalue weighted by molar-refractivity contribution is -0.0166. The highest BCUT2D eigenvalue weighted by atomic mass is 16.5. The molecule has 2 N–H and O–H groups in total. The molecule has 0 saturated carbocycles. The van der Waals surface area contributed by atoms with Crippen molar-refractivity contribution in [2.45, 2.75) is 12.6 Å². The first-order valence-electron chi connectivity index (χ1n) is 6.14. The third kappa shape index (κ3) is 2.56. The summed E-state index contributed by atoms with van der Waals surface area (Å²) < 4.78 is 5.49. The van der Waals surface area contributed by atoms with E-state index in [4.69, 9.17) is 4.74 Å². The van der Waals surface area contributed by atoms with E-state index in [2.05, 4.69) is 25.1 Å². The average molecular weight is 261 g/mol. The number of hydrogen-bond acceptors (Lipinski definition) is 6. The van der Waals surface area contributed by atoms with E-state index in [9.17, 15) is 5.11 Å². The van der Waals surface area contributed by atoms with E-state index in [1.165, 1.54) is 6.33 Å². The lowest BCUT2D eigenvalue weighted by Gasteiger charge is -2.33. The van der Waals surface area contributed by atoms with Gasteiger partial charge >= 0.3 is 0 Å². The van der Waals surface area contributed by atoms with Gasteiger partial charge in [-0.2, -0.15) is 5.10 Å². The Balaban J connectivity index is 1.80. The first-order valence-corrected chi connectivity index (χ1v) is 6.14. The molecule has 3 heterocycles. The number of nitrogens with one attached hydrogen (secondary N) is 1.